The zero-order chi connectivity index (χ0) is 15.0. The van der Waals surface area contributed by atoms with E-state index in [1.165, 1.54) is 25.7 Å². The maximum Gasteiger partial charge on any atom is 0.245 e. The van der Waals surface area contributed by atoms with Crippen molar-refractivity contribution < 1.29 is 9.59 Å². The fourth-order valence-corrected chi connectivity index (χ4v) is 3.18. The van der Waals surface area contributed by atoms with E-state index in [1.807, 2.05) is 16.9 Å². The molecule has 0 unspecified atom stereocenters. The smallest absolute Gasteiger partial charge is 0.245 e. The van der Waals surface area contributed by atoms with Crippen LogP contribution in [0.1, 0.15) is 51.3 Å². The molecule has 0 radical (unpaired) electrons. The fourth-order valence-electron chi connectivity index (χ4n) is 3.18. The number of carbonyl (C=O) groups is 2. The van der Waals surface area contributed by atoms with Gasteiger partial charge in [0.2, 0.25) is 11.8 Å². The normalized spacial score (nSPS) is 22.7. The minimum Gasteiger partial charge on any atom is -0.345 e. The van der Waals surface area contributed by atoms with Crippen LogP contribution in [0.2, 0.25) is 0 Å². The maximum atomic E-state index is 12.1. The van der Waals surface area contributed by atoms with Gasteiger partial charge in [0, 0.05) is 6.20 Å². The van der Waals surface area contributed by atoms with Crippen molar-refractivity contribution in [1.29, 1.82) is 0 Å². The lowest BCUT2D eigenvalue weighted by atomic mass is 9.98. The number of amides is 2. The molecular formula is C15H22N4O2. The molecule has 3 rings (SSSR count). The van der Waals surface area contributed by atoms with E-state index in [1.54, 1.807) is 18.7 Å². The van der Waals surface area contributed by atoms with Gasteiger partial charge in [-0.15, -0.1) is 0 Å². The molecule has 1 saturated heterocycles. The van der Waals surface area contributed by atoms with Gasteiger partial charge in [0.05, 0.1) is 24.8 Å². The average molecular weight is 290 g/mol. The lowest BCUT2D eigenvalue weighted by molar-refractivity contribution is -0.152. The first-order valence-corrected chi connectivity index (χ1v) is 7.61. The average Bonchev–Trinajstić information content (AvgIpc) is 3.10. The van der Waals surface area contributed by atoms with E-state index in [0.29, 0.717) is 12.6 Å². The van der Waals surface area contributed by atoms with Crippen molar-refractivity contribution in [2.75, 3.05) is 6.54 Å². The Labute approximate surface area is 124 Å². The van der Waals surface area contributed by atoms with E-state index in [2.05, 4.69) is 10.4 Å². The van der Waals surface area contributed by atoms with Crippen LogP contribution in [0.15, 0.2) is 12.3 Å². The molecule has 0 atom stereocenters. The molecule has 2 fully saturated rings. The van der Waals surface area contributed by atoms with Gasteiger partial charge in [-0.3, -0.25) is 14.3 Å². The lowest BCUT2D eigenvalue weighted by Crippen LogP contribution is -2.63. The van der Waals surface area contributed by atoms with Crippen LogP contribution in [0.4, 0.5) is 0 Å². The summed E-state index contributed by atoms with van der Waals surface area (Å²) in [6, 6.07) is 2.45. The first-order chi connectivity index (χ1) is 9.98. The molecular weight excluding hydrogens is 268 g/mol. The van der Waals surface area contributed by atoms with Gasteiger partial charge in [0.1, 0.15) is 5.54 Å². The number of hydrogen-bond donors (Lipinski definition) is 1. The van der Waals surface area contributed by atoms with Crippen molar-refractivity contribution in [3.63, 3.8) is 0 Å². The molecule has 114 valence electrons. The maximum absolute atomic E-state index is 12.1. The lowest BCUT2D eigenvalue weighted by Gasteiger charge is -2.40. The molecule has 1 aromatic rings. The van der Waals surface area contributed by atoms with E-state index in [4.69, 9.17) is 0 Å². The Hall–Kier alpha value is -1.85. The minimum absolute atomic E-state index is 0.0602. The summed E-state index contributed by atoms with van der Waals surface area (Å²) >= 11 is 0. The summed E-state index contributed by atoms with van der Waals surface area (Å²) in [7, 11) is 0. The van der Waals surface area contributed by atoms with Crippen LogP contribution in [0.3, 0.4) is 0 Å². The van der Waals surface area contributed by atoms with Crippen LogP contribution in [-0.2, 0) is 16.1 Å². The molecule has 6 heteroatoms. The van der Waals surface area contributed by atoms with Crippen LogP contribution >= 0.6 is 0 Å². The van der Waals surface area contributed by atoms with E-state index >= 15 is 0 Å². The summed E-state index contributed by atoms with van der Waals surface area (Å²) in [5.74, 6) is -0.174. The zero-order valence-electron chi connectivity index (χ0n) is 12.6. The summed E-state index contributed by atoms with van der Waals surface area (Å²) in [5, 5.41) is 7.23. The summed E-state index contributed by atoms with van der Waals surface area (Å²) < 4.78 is 2.02. The van der Waals surface area contributed by atoms with Crippen LogP contribution < -0.4 is 5.32 Å². The Kier molecular flexibility index (Phi) is 3.47. The first kappa shape index (κ1) is 14.1. The van der Waals surface area contributed by atoms with Crippen molar-refractivity contribution in [3.8, 4) is 0 Å². The van der Waals surface area contributed by atoms with Gasteiger partial charge in [-0.2, -0.15) is 5.10 Å². The Morgan fingerprint density at radius 3 is 2.76 bits per heavy atom. The molecule has 1 aromatic heterocycles. The number of hydrogen-bond acceptors (Lipinski definition) is 3. The molecule has 2 amide bonds. The first-order valence-electron chi connectivity index (χ1n) is 7.61. The topological polar surface area (TPSA) is 67.2 Å². The van der Waals surface area contributed by atoms with E-state index in [0.717, 1.165) is 5.69 Å². The number of aromatic nitrogens is 2. The molecule has 0 bridgehead atoms. The van der Waals surface area contributed by atoms with Crippen molar-refractivity contribution in [1.82, 2.24) is 20.0 Å². The molecule has 1 aliphatic heterocycles. The van der Waals surface area contributed by atoms with Crippen molar-refractivity contribution in [2.45, 2.75) is 57.7 Å². The Morgan fingerprint density at radius 2 is 2.05 bits per heavy atom. The number of nitrogens with one attached hydrogen (secondary N) is 1. The summed E-state index contributed by atoms with van der Waals surface area (Å²) in [4.78, 5) is 25.7. The molecule has 2 aliphatic rings. The third-order valence-corrected chi connectivity index (χ3v) is 4.61. The van der Waals surface area contributed by atoms with Crippen LogP contribution in [0, 0.1) is 0 Å². The highest BCUT2D eigenvalue weighted by atomic mass is 16.2. The third-order valence-electron chi connectivity index (χ3n) is 4.61. The van der Waals surface area contributed by atoms with E-state index in [9.17, 15) is 9.59 Å². The third kappa shape index (κ3) is 2.54. The molecule has 6 nitrogen and oxygen atoms in total. The van der Waals surface area contributed by atoms with Crippen LogP contribution in [0.25, 0.3) is 0 Å². The molecule has 0 spiro atoms. The van der Waals surface area contributed by atoms with Gasteiger partial charge in [0.25, 0.3) is 0 Å². The second-order valence-corrected chi connectivity index (χ2v) is 6.45. The fraction of sp³-hybridized carbons (Fsp3) is 0.667. The van der Waals surface area contributed by atoms with E-state index in [-0.39, 0.29) is 18.4 Å². The van der Waals surface area contributed by atoms with Gasteiger partial charge in [0.15, 0.2) is 0 Å². The molecule has 1 N–H and O–H groups in total. The van der Waals surface area contributed by atoms with E-state index < -0.39 is 5.54 Å². The zero-order valence-corrected chi connectivity index (χ0v) is 12.6. The highest BCUT2D eigenvalue weighted by Gasteiger charge is 2.41. The van der Waals surface area contributed by atoms with Gasteiger partial charge >= 0.3 is 0 Å². The van der Waals surface area contributed by atoms with Crippen molar-refractivity contribution >= 4 is 11.8 Å². The Balaban J connectivity index is 1.75. The molecule has 1 saturated carbocycles. The SMILES string of the molecule is CC1(C)C(=O)NCC(=O)N1Cc1ccn(C2CCCC2)n1. The number of nitrogens with zero attached hydrogens (tertiary/aromatic N) is 3. The van der Waals surface area contributed by atoms with Gasteiger partial charge < -0.3 is 10.2 Å². The number of carbonyl (C=O) groups excluding carboxylic acids is 2. The second-order valence-electron chi connectivity index (χ2n) is 6.45. The molecule has 2 heterocycles. The predicted octanol–water partition coefficient (Wildman–Crippen LogP) is 1.24. The highest BCUT2D eigenvalue weighted by Crippen LogP contribution is 2.29. The number of rotatable bonds is 3. The Bertz CT molecular complexity index is 558. The summed E-state index contributed by atoms with van der Waals surface area (Å²) in [6.45, 7) is 4.01. The quantitative estimate of drug-likeness (QED) is 0.910. The van der Waals surface area contributed by atoms with Gasteiger partial charge in [-0.05, 0) is 32.8 Å². The minimum atomic E-state index is -0.827. The summed E-state index contributed by atoms with van der Waals surface area (Å²) in [5.41, 5.74) is 0.0185. The van der Waals surface area contributed by atoms with Crippen LogP contribution in [0.5, 0.6) is 0 Å². The largest absolute Gasteiger partial charge is 0.345 e. The monoisotopic (exact) mass is 290 g/mol. The van der Waals surface area contributed by atoms with Crippen LogP contribution in [-0.4, -0.2) is 38.6 Å². The molecule has 1 aliphatic carbocycles. The van der Waals surface area contributed by atoms with Crippen molar-refractivity contribution in [3.05, 3.63) is 18.0 Å². The predicted molar refractivity (Wildman–Crippen MR) is 77.4 cm³/mol. The standard InChI is InChI=1S/C15H22N4O2/c1-15(2)14(21)16-9-13(20)18(15)10-11-7-8-19(17-11)12-5-3-4-6-12/h7-8,12H,3-6,9-10H2,1-2H3,(H,16,21). The highest BCUT2D eigenvalue weighted by molar-refractivity contribution is 5.97. The molecule has 0 aromatic carbocycles. The Morgan fingerprint density at radius 1 is 1.33 bits per heavy atom. The molecule has 21 heavy (non-hydrogen) atoms. The number of piperazine rings is 1. The summed E-state index contributed by atoms with van der Waals surface area (Å²) in [6.07, 6.45) is 6.87. The van der Waals surface area contributed by atoms with Crippen molar-refractivity contribution in [2.24, 2.45) is 0 Å². The van der Waals surface area contributed by atoms with Gasteiger partial charge in [-0.1, -0.05) is 12.8 Å². The second kappa shape index (κ2) is 5.16. The van der Waals surface area contributed by atoms with Gasteiger partial charge in [-0.25, -0.2) is 0 Å².